The van der Waals surface area contributed by atoms with Crippen molar-refractivity contribution < 1.29 is 4.79 Å². The minimum atomic E-state index is -0.264. The molecule has 1 aromatic heterocycles. The Bertz CT molecular complexity index is 1160. The van der Waals surface area contributed by atoms with Crippen LogP contribution < -0.4 is 21.3 Å². The van der Waals surface area contributed by atoms with Crippen LogP contribution >= 0.6 is 0 Å². The Balaban J connectivity index is 1.36. The van der Waals surface area contributed by atoms with Crippen LogP contribution in [0.2, 0.25) is 0 Å². The molecule has 0 saturated carbocycles. The van der Waals surface area contributed by atoms with Crippen LogP contribution in [0.25, 0.3) is 0 Å². The van der Waals surface area contributed by atoms with Crippen LogP contribution in [-0.2, 0) is 6.54 Å². The lowest BCUT2D eigenvalue weighted by Crippen LogP contribution is -2.45. The highest BCUT2D eigenvalue weighted by atomic mass is 16.2. The van der Waals surface area contributed by atoms with Gasteiger partial charge < -0.3 is 26.2 Å². The van der Waals surface area contributed by atoms with E-state index in [1.807, 2.05) is 36.4 Å². The summed E-state index contributed by atoms with van der Waals surface area (Å²) >= 11 is 0. The maximum Gasteiger partial charge on any atom is 0.319 e. The third-order valence-electron chi connectivity index (χ3n) is 5.42. The first-order valence-corrected chi connectivity index (χ1v) is 10.8. The Labute approximate surface area is 193 Å². The molecule has 1 aliphatic rings. The van der Waals surface area contributed by atoms with Crippen LogP contribution in [-0.4, -0.2) is 54.1 Å². The van der Waals surface area contributed by atoms with Crippen LogP contribution in [0.5, 0.6) is 0 Å². The van der Waals surface area contributed by atoms with Crippen molar-refractivity contribution in [3.05, 3.63) is 77.6 Å². The average Bonchev–Trinajstić information content (AvgIpc) is 2.83. The molecule has 4 rings (SSSR count). The molecule has 1 aliphatic heterocycles. The van der Waals surface area contributed by atoms with Gasteiger partial charge in [-0.05, 0) is 36.9 Å². The number of likely N-dealkylation sites (N-methyl/N-ethyl adjacent to an activating group) is 1. The number of rotatable bonds is 4. The van der Waals surface area contributed by atoms with E-state index in [1.165, 1.54) is 5.69 Å². The number of nitrogens with zero attached hydrogens (tertiary/aromatic N) is 4. The minimum absolute atomic E-state index is 0.212. The van der Waals surface area contributed by atoms with Crippen LogP contribution in [0.15, 0.2) is 60.9 Å². The molecule has 168 valence electrons. The number of nitrogen functional groups attached to an aromatic ring is 1. The summed E-state index contributed by atoms with van der Waals surface area (Å²) < 4.78 is 0. The van der Waals surface area contributed by atoms with Crippen molar-refractivity contribution in [2.24, 2.45) is 0 Å². The van der Waals surface area contributed by atoms with Crippen molar-refractivity contribution >= 4 is 23.4 Å². The van der Waals surface area contributed by atoms with Crippen molar-refractivity contribution in [2.75, 3.05) is 49.2 Å². The molecule has 2 aromatic carbocycles. The molecule has 0 aliphatic carbocycles. The first kappa shape index (κ1) is 22.1. The van der Waals surface area contributed by atoms with Crippen LogP contribution in [0, 0.1) is 11.8 Å². The SMILES string of the molecule is CN1CCN(c2ccccc2CNC(=O)Nc2cccc(C#Cc3cnc(N)nc3)c2)CC1. The fraction of sp³-hybridized carbons (Fsp3) is 0.240. The number of carbonyl (C=O) groups excluding carboxylic acids is 1. The zero-order chi connectivity index (χ0) is 23.0. The number of benzene rings is 2. The van der Waals surface area contributed by atoms with Gasteiger partial charge in [-0.1, -0.05) is 36.1 Å². The van der Waals surface area contributed by atoms with Gasteiger partial charge in [-0.3, -0.25) is 0 Å². The van der Waals surface area contributed by atoms with Gasteiger partial charge in [0, 0.05) is 62.1 Å². The van der Waals surface area contributed by atoms with E-state index in [4.69, 9.17) is 5.73 Å². The maximum absolute atomic E-state index is 12.5. The van der Waals surface area contributed by atoms with Crippen LogP contribution in [0.1, 0.15) is 16.7 Å². The molecule has 8 nitrogen and oxygen atoms in total. The van der Waals surface area contributed by atoms with Gasteiger partial charge in [0.15, 0.2) is 0 Å². The Morgan fingerprint density at radius 1 is 1.00 bits per heavy atom. The Kier molecular flexibility index (Phi) is 7.03. The fourth-order valence-corrected chi connectivity index (χ4v) is 3.59. The highest BCUT2D eigenvalue weighted by molar-refractivity contribution is 5.89. The third-order valence-corrected chi connectivity index (χ3v) is 5.42. The second-order valence-corrected chi connectivity index (χ2v) is 7.89. The second-order valence-electron chi connectivity index (χ2n) is 7.89. The summed E-state index contributed by atoms with van der Waals surface area (Å²) in [5, 5.41) is 5.85. The Hall–Kier alpha value is -4.09. The molecular weight excluding hydrogens is 414 g/mol. The first-order chi connectivity index (χ1) is 16.1. The van der Waals surface area contributed by atoms with Gasteiger partial charge in [0.2, 0.25) is 5.95 Å². The summed E-state index contributed by atoms with van der Waals surface area (Å²) in [6, 6.07) is 15.3. The smallest absolute Gasteiger partial charge is 0.319 e. The number of para-hydroxylation sites is 1. The van der Waals surface area contributed by atoms with Gasteiger partial charge in [0.05, 0.1) is 5.56 Å². The number of anilines is 3. The normalized spacial score (nSPS) is 13.7. The highest BCUT2D eigenvalue weighted by Crippen LogP contribution is 2.21. The number of urea groups is 1. The summed E-state index contributed by atoms with van der Waals surface area (Å²) in [7, 11) is 2.14. The number of nitrogens with one attached hydrogen (secondary N) is 2. The van der Waals surface area contributed by atoms with E-state index in [0.29, 0.717) is 17.8 Å². The lowest BCUT2D eigenvalue weighted by atomic mass is 10.1. The molecule has 33 heavy (non-hydrogen) atoms. The van der Waals surface area contributed by atoms with Gasteiger partial charge in [-0.2, -0.15) is 0 Å². The summed E-state index contributed by atoms with van der Waals surface area (Å²) in [5.41, 5.74) is 9.87. The van der Waals surface area contributed by atoms with Crippen LogP contribution in [0.4, 0.5) is 22.1 Å². The predicted octanol–water partition coefficient (Wildman–Crippen LogP) is 2.53. The lowest BCUT2D eigenvalue weighted by Gasteiger charge is -2.35. The van der Waals surface area contributed by atoms with E-state index in [1.54, 1.807) is 12.4 Å². The Morgan fingerprint density at radius 3 is 2.52 bits per heavy atom. The van der Waals surface area contributed by atoms with Crippen molar-refractivity contribution in [3.63, 3.8) is 0 Å². The molecule has 1 saturated heterocycles. The lowest BCUT2D eigenvalue weighted by molar-refractivity contribution is 0.251. The third kappa shape index (κ3) is 6.21. The number of nitrogens with two attached hydrogens (primary N) is 1. The van der Waals surface area contributed by atoms with Gasteiger partial charge in [0.1, 0.15) is 0 Å². The fourth-order valence-electron chi connectivity index (χ4n) is 3.59. The topological polar surface area (TPSA) is 99.4 Å². The molecule has 2 heterocycles. The standard InChI is InChI=1S/C25H27N7O/c1-31-11-13-32(14-12-31)23-8-3-2-6-21(23)18-29-25(33)30-22-7-4-5-19(15-22)9-10-20-16-27-24(26)28-17-20/h2-8,15-17H,11-14,18H2,1H3,(H2,26,27,28)(H2,29,30,33). The molecule has 0 atom stereocenters. The molecule has 1 fully saturated rings. The van der Waals surface area contributed by atoms with Crippen molar-refractivity contribution in [1.82, 2.24) is 20.2 Å². The van der Waals surface area contributed by atoms with E-state index in [9.17, 15) is 4.79 Å². The number of hydrogen-bond donors (Lipinski definition) is 3. The second kappa shape index (κ2) is 10.5. The summed E-state index contributed by atoms with van der Waals surface area (Å²) in [4.78, 5) is 25.1. The van der Waals surface area contributed by atoms with E-state index < -0.39 is 0 Å². The van der Waals surface area contributed by atoms with Crippen molar-refractivity contribution in [3.8, 4) is 11.8 Å². The molecular formula is C25H27N7O. The van der Waals surface area contributed by atoms with E-state index in [-0.39, 0.29) is 12.0 Å². The van der Waals surface area contributed by atoms with Crippen molar-refractivity contribution in [1.29, 1.82) is 0 Å². The number of hydrogen-bond acceptors (Lipinski definition) is 6. The van der Waals surface area contributed by atoms with Crippen LogP contribution in [0.3, 0.4) is 0 Å². The molecule has 0 bridgehead atoms. The summed E-state index contributed by atoms with van der Waals surface area (Å²) in [6.07, 6.45) is 3.15. The monoisotopic (exact) mass is 441 g/mol. The molecule has 2 amide bonds. The minimum Gasteiger partial charge on any atom is -0.369 e. The number of amides is 2. The number of piperazine rings is 1. The maximum atomic E-state index is 12.5. The van der Waals surface area contributed by atoms with E-state index in [2.05, 4.69) is 61.4 Å². The molecule has 0 unspecified atom stereocenters. The Morgan fingerprint density at radius 2 is 1.73 bits per heavy atom. The highest BCUT2D eigenvalue weighted by Gasteiger charge is 2.16. The molecule has 4 N–H and O–H groups in total. The molecule has 0 radical (unpaired) electrons. The molecule has 8 heteroatoms. The van der Waals surface area contributed by atoms with Gasteiger partial charge in [0.25, 0.3) is 0 Å². The summed E-state index contributed by atoms with van der Waals surface area (Å²) in [6.45, 7) is 4.48. The van der Waals surface area contributed by atoms with Crippen molar-refractivity contribution in [2.45, 2.75) is 6.54 Å². The van der Waals surface area contributed by atoms with Gasteiger partial charge in [-0.25, -0.2) is 14.8 Å². The first-order valence-electron chi connectivity index (χ1n) is 10.8. The molecule has 3 aromatic rings. The average molecular weight is 442 g/mol. The zero-order valence-corrected chi connectivity index (χ0v) is 18.6. The largest absolute Gasteiger partial charge is 0.369 e. The van der Waals surface area contributed by atoms with E-state index >= 15 is 0 Å². The van der Waals surface area contributed by atoms with Gasteiger partial charge in [-0.15, -0.1) is 0 Å². The van der Waals surface area contributed by atoms with E-state index in [0.717, 1.165) is 37.3 Å². The number of carbonyl (C=O) groups is 1. The zero-order valence-electron chi connectivity index (χ0n) is 18.6. The van der Waals surface area contributed by atoms with Gasteiger partial charge >= 0.3 is 6.03 Å². The quantitative estimate of drug-likeness (QED) is 0.538. The molecule has 0 spiro atoms. The number of aromatic nitrogens is 2. The summed E-state index contributed by atoms with van der Waals surface area (Å²) in [5.74, 6) is 6.25. The predicted molar refractivity (Wildman–Crippen MR) is 131 cm³/mol.